The van der Waals surface area contributed by atoms with Crippen molar-refractivity contribution >= 4 is 26.9 Å². The summed E-state index contributed by atoms with van der Waals surface area (Å²) in [6, 6.07) is 5.29. The molecule has 0 bridgehead atoms. The predicted molar refractivity (Wildman–Crippen MR) is 105 cm³/mol. The highest BCUT2D eigenvalue weighted by molar-refractivity contribution is 7.89. The second-order valence-corrected chi connectivity index (χ2v) is 8.16. The summed E-state index contributed by atoms with van der Waals surface area (Å²) in [6.45, 7) is 7.21. The van der Waals surface area contributed by atoms with Crippen LogP contribution in [-0.4, -0.2) is 41.3 Å². The summed E-state index contributed by atoms with van der Waals surface area (Å²) >= 11 is 0. The Balaban J connectivity index is 1.72. The average Bonchev–Trinajstić information content (AvgIpc) is 3.03. The Labute approximate surface area is 159 Å². The van der Waals surface area contributed by atoms with Crippen LogP contribution in [0.1, 0.15) is 24.5 Å². The number of hydrogen-bond acceptors (Lipinski definition) is 6. The van der Waals surface area contributed by atoms with Crippen molar-refractivity contribution in [2.45, 2.75) is 38.6 Å². The fraction of sp³-hybridized carbons (Fsp3) is 0.389. The van der Waals surface area contributed by atoms with Gasteiger partial charge in [0.1, 0.15) is 12.1 Å². The molecule has 8 nitrogen and oxygen atoms in total. The van der Waals surface area contributed by atoms with Crippen molar-refractivity contribution in [3.8, 4) is 0 Å². The maximum atomic E-state index is 12.6. The zero-order chi connectivity index (χ0) is 19.4. The Hall–Kier alpha value is -2.52. The SMILES string of the molecule is CCCNc1ncnc2c1cnn2CCNS(=O)(=O)c1ccc(C)cc1C. The minimum atomic E-state index is -3.57. The molecule has 3 aromatic rings. The van der Waals surface area contributed by atoms with E-state index in [9.17, 15) is 8.42 Å². The molecule has 0 spiro atoms. The number of aryl methyl sites for hydroxylation is 2. The van der Waals surface area contributed by atoms with Gasteiger partial charge in [-0.3, -0.25) is 0 Å². The molecular formula is C18H24N6O2S. The molecule has 2 aromatic heterocycles. The van der Waals surface area contributed by atoms with Crippen molar-refractivity contribution in [1.29, 1.82) is 0 Å². The fourth-order valence-electron chi connectivity index (χ4n) is 2.91. The molecule has 0 aliphatic carbocycles. The summed E-state index contributed by atoms with van der Waals surface area (Å²) in [5.74, 6) is 0.740. The standard InChI is InChI=1S/C18H24N6O2S/c1-4-7-19-17-15-11-22-24(18(15)21-12-20-17)9-8-23-27(25,26)16-6-5-13(2)10-14(16)3/h5-6,10-12,23H,4,7-9H2,1-3H3,(H,19,20,21). The number of fused-ring (bicyclic) bond motifs is 1. The lowest BCUT2D eigenvalue weighted by Gasteiger charge is -2.10. The first kappa shape index (κ1) is 19.2. The molecule has 0 amide bonds. The van der Waals surface area contributed by atoms with E-state index in [0.29, 0.717) is 17.1 Å². The number of sulfonamides is 1. The second kappa shape index (κ2) is 8.01. The Morgan fingerprint density at radius 2 is 1.96 bits per heavy atom. The van der Waals surface area contributed by atoms with Gasteiger partial charge in [-0.1, -0.05) is 24.6 Å². The van der Waals surface area contributed by atoms with E-state index in [-0.39, 0.29) is 6.54 Å². The number of nitrogens with zero attached hydrogens (tertiary/aromatic N) is 4. The van der Waals surface area contributed by atoms with Gasteiger partial charge in [-0.15, -0.1) is 0 Å². The van der Waals surface area contributed by atoms with Gasteiger partial charge in [-0.05, 0) is 31.9 Å². The van der Waals surface area contributed by atoms with Crippen LogP contribution in [0.15, 0.2) is 35.6 Å². The number of hydrogen-bond donors (Lipinski definition) is 2. The third-order valence-electron chi connectivity index (χ3n) is 4.21. The highest BCUT2D eigenvalue weighted by atomic mass is 32.2. The van der Waals surface area contributed by atoms with Gasteiger partial charge in [-0.2, -0.15) is 5.10 Å². The number of aromatic nitrogens is 4. The first-order chi connectivity index (χ1) is 12.9. The van der Waals surface area contributed by atoms with E-state index in [1.807, 2.05) is 13.0 Å². The van der Waals surface area contributed by atoms with Crippen LogP contribution in [-0.2, 0) is 16.6 Å². The fourth-order valence-corrected chi connectivity index (χ4v) is 4.15. The van der Waals surface area contributed by atoms with Crippen molar-refractivity contribution < 1.29 is 8.42 Å². The van der Waals surface area contributed by atoms with Crippen LogP contribution >= 0.6 is 0 Å². The number of anilines is 1. The molecule has 27 heavy (non-hydrogen) atoms. The smallest absolute Gasteiger partial charge is 0.240 e. The van der Waals surface area contributed by atoms with Crippen molar-refractivity contribution in [3.63, 3.8) is 0 Å². The highest BCUT2D eigenvalue weighted by Crippen LogP contribution is 2.19. The summed E-state index contributed by atoms with van der Waals surface area (Å²) < 4.78 is 29.4. The van der Waals surface area contributed by atoms with Crippen molar-refractivity contribution in [1.82, 2.24) is 24.5 Å². The first-order valence-electron chi connectivity index (χ1n) is 8.89. The van der Waals surface area contributed by atoms with E-state index in [2.05, 4.69) is 32.0 Å². The van der Waals surface area contributed by atoms with Gasteiger partial charge < -0.3 is 5.32 Å². The van der Waals surface area contributed by atoms with Crippen molar-refractivity contribution in [2.24, 2.45) is 0 Å². The molecule has 3 rings (SSSR count). The third kappa shape index (κ3) is 4.25. The number of nitrogens with one attached hydrogen (secondary N) is 2. The first-order valence-corrected chi connectivity index (χ1v) is 10.4. The molecule has 9 heteroatoms. The molecule has 0 radical (unpaired) electrons. The largest absolute Gasteiger partial charge is 0.369 e. The molecule has 2 heterocycles. The van der Waals surface area contributed by atoms with Gasteiger partial charge in [0.2, 0.25) is 10.0 Å². The second-order valence-electron chi connectivity index (χ2n) is 6.42. The molecule has 1 aromatic carbocycles. The molecule has 0 saturated carbocycles. The number of rotatable bonds is 8. The van der Waals surface area contributed by atoms with Gasteiger partial charge >= 0.3 is 0 Å². The van der Waals surface area contributed by atoms with E-state index in [1.54, 1.807) is 29.9 Å². The summed E-state index contributed by atoms with van der Waals surface area (Å²) in [5.41, 5.74) is 2.43. The summed E-state index contributed by atoms with van der Waals surface area (Å²) in [7, 11) is -3.57. The maximum Gasteiger partial charge on any atom is 0.240 e. The van der Waals surface area contributed by atoms with Crippen LogP contribution in [0, 0.1) is 13.8 Å². The van der Waals surface area contributed by atoms with E-state index in [4.69, 9.17) is 0 Å². The maximum absolute atomic E-state index is 12.6. The molecule has 0 aliphatic rings. The molecule has 0 unspecified atom stereocenters. The van der Waals surface area contributed by atoms with E-state index in [0.717, 1.165) is 35.3 Å². The molecule has 0 fully saturated rings. The lowest BCUT2D eigenvalue weighted by Crippen LogP contribution is -2.28. The molecular weight excluding hydrogens is 364 g/mol. The molecule has 144 valence electrons. The predicted octanol–water partition coefficient (Wildman–Crippen LogP) is 2.24. The third-order valence-corrected chi connectivity index (χ3v) is 5.83. The molecule has 0 aliphatic heterocycles. The van der Waals surface area contributed by atoms with Gasteiger partial charge in [0.05, 0.1) is 23.0 Å². The highest BCUT2D eigenvalue weighted by Gasteiger charge is 2.17. The summed E-state index contributed by atoms with van der Waals surface area (Å²) in [4.78, 5) is 8.82. The van der Waals surface area contributed by atoms with Crippen LogP contribution < -0.4 is 10.0 Å². The van der Waals surface area contributed by atoms with Crippen molar-refractivity contribution in [2.75, 3.05) is 18.4 Å². The summed E-state index contributed by atoms with van der Waals surface area (Å²) in [5, 5.41) is 8.39. The normalized spacial score (nSPS) is 11.8. The quantitative estimate of drug-likeness (QED) is 0.614. The van der Waals surface area contributed by atoms with Crippen LogP contribution in [0.5, 0.6) is 0 Å². The Kier molecular flexibility index (Phi) is 5.71. The Bertz CT molecular complexity index is 1050. The van der Waals surface area contributed by atoms with Crippen molar-refractivity contribution in [3.05, 3.63) is 41.9 Å². The number of benzene rings is 1. The minimum absolute atomic E-state index is 0.216. The molecule has 2 N–H and O–H groups in total. The zero-order valence-corrected chi connectivity index (χ0v) is 16.5. The Morgan fingerprint density at radius 1 is 1.15 bits per heavy atom. The monoisotopic (exact) mass is 388 g/mol. The summed E-state index contributed by atoms with van der Waals surface area (Å²) in [6.07, 6.45) is 4.17. The van der Waals surface area contributed by atoms with Crippen LogP contribution in [0.25, 0.3) is 11.0 Å². The zero-order valence-electron chi connectivity index (χ0n) is 15.7. The van der Waals surface area contributed by atoms with Gasteiger partial charge in [0, 0.05) is 13.1 Å². The van der Waals surface area contributed by atoms with Crippen LogP contribution in [0.2, 0.25) is 0 Å². The van der Waals surface area contributed by atoms with E-state index < -0.39 is 10.0 Å². The van der Waals surface area contributed by atoms with E-state index >= 15 is 0 Å². The van der Waals surface area contributed by atoms with Crippen LogP contribution in [0.3, 0.4) is 0 Å². The minimum Gasteiger partial charge on any atom is -0.369 e. The molecule has 0 atom stereocenters. The molecule has 0 saturated heterocycles. The Morgan fingerprint density at radius 3 is 2.70 bits per heavy atom. The van der Waals surface area contributed by atoms with E-state index in [1.165, 1.54) is 6.33 Å². The van der Waals surface area contributed by atoms with Gasteiger partial charge in [0.15, 0.2) is 5.65 Å². The topological polar surface area (TPSA) is 102 Å². The van der Waals surface area contributed by atoms with Crippen LogP contribution in [0.4, 0.5) is 5.82 Å². The average molecular weight is 388 g/mol. The lowest BCUT2D eigenvalue weighted by atomic mass is 10.2. The van der Waals surface area contributed by atoms with Gasteiger partial charge in [-0.25, -0.2) is 27.8 Å². The van der Waals surface area contributed by atoms with Gasteiger partial charge in [0.25, 0.3) is 0 Å². The lowest BCUT2D eigenvalue weighted by molar-refractivity contribution is 0.564.